The zero-order chi connectivity index (χ0) is 12.9. The van der Waals surface area contributed by atoms with Crippen molar-refractivity contribution in [1.82, 2.24) is 0 Å². The maximum atomic E-state index is 2.42. The Kier molecular flexibility index (Phi) is 4.72. The van der Waals surface area contributed by atoms with E-state index >= 15 is 0 Å². The lowest BCUT2D eigenvalue weighted by Crippen LogP contribution is -2.39. The summed E-state index contributed by atoms with van der Waals surface area (Å²) in [6.07, 6.45) is 4.49. The van der Waals surface area contributed by atoms with Gasteiger partial charge >= 0.3 is 0 Å². The summed E-state index contributed by atoms with van der Waals surface area (Å²) in [4.78, 5) is 0. The second kappa shape index (κ2) is 5.65. The summed E-state index contributed by atoms with van der Waals surface area (Å²) < 4.78 is 0. The normalized spacial score (nSPS) is 13.7. The van der Waals surface area contributed by atoms with Gasteiger partial charge in [0.15, 0.2) is 0 Å². The fraction of sp³-hybridized carbons (Fsp3) is 0.333. The quantitative estimate of drug-likeness (QED) is 0.564. The summed E-state index contributed by atoms with van der Waals surface area (Å²) in [6.45, 7) is 11.9. The van der Waals surface area contributed by atoms with Crippen molar-refractivity contribution in [3.63, 3.8) is 0 Å². The molecule has 0 aliphatic rings. The van der Waals surface area contributed by atoms with E-state index in [9.17, 15) is 0 Å². The molecule has 0 aliphatic carbocycles. The third-order valence-electron chi connectivity index (χ3n) is 2.74. The molecule has 0 nitrogen and oxygen atoms in total. The predicted octanol–water partition coefficient (Wildman–Crippen LogP) is 4.13. The predicted molar refractivity (Wildman–Crippen MR) is 85.2 cm³/mol. The fourth-order valence-corrected chi connectivity index (χ4v) is 4.13. The third kappa shape index (κ3) is 5.33. The van der Waals surface area contributed by atoms with Gasteiger partial charge in [-0.1, -0.05) is 91.8 Å². The van der Waals surface area contributed by atoms with Gasteiger partial charge in [0.2, 0.25) is 0 Å². The SMILES string of the molecule is C[Si](C)(C)/C=C/C=C/[Si](C)(C)c1ccccc1. The second-order valence-electron chi connectivity index (χ2n) is 6.17. The largest absolute Gasteiger partial charge is 0.104 e. The van der Waals surface area contributed by atoms with E-state index < -0.39 is 16.1 Å². The second-order valence-corrected chi connectivity index (χ2v) is 15.6. The first kappa shape index (κ1) is 14.2. The highest BCUT2D eigenvalue weighted by Gasteiger charge is 2.18. The highest BCUT2D eigenvalue weighted by molar-refractivity contribution is 6.94. The summed E-state index contributed by atoms with van der Waals surface area (Å²) in [5.41, 5.74) is 4.80. The van der Waals surface area contributed by atoms with Crippen LogP contribution >= 0.6 is 0 Å². The van der Waals surface area contributed by atoms with Gasteiger partial charge in [-0.25, -0.2) is 0 Å². The highest BCUT2D eigenvalue weighted by atomic mass is 28.3. The molecular formula is C15H24Si2. The molecule has 0 atom stereocenters. The lowest BCUT2D eigenvalue weighted by atomic mass is 10.4. The van der Waals surface area contributed by atoms with Crippen LogP contribution in [-0.4, -0.2) is 16.1 Å². The molecule has 0 aromatic heterocycles. The van der Waals surface area contributed by atoms with E-state index in [1.807, 2.05) is 0 Å². The van der Waals surface area contributed by atoms with Gasteiger partial charge < -0.3 is 0 Å². The Morgan fingerprint density at radius 1 is 0.765 bits per heavy atom. The topological polar surface area (TPSA) is 0 Å². The molecule has 0 heterocycles. The average molecular weight is 261 g/mol. The first-order valence-electron chi connectivity index (χ1n) is 6.24. The lowest BCUT2D eigenvalue weighted by molar-refractivity contribution is 1.70. The number of benzene rings is 1. The number of hydrogen-bond acceptors (Lipinski definition) is 0. The van der Waals surface area contributed by atoms with Crippen molar-refractivity contribution in [3.8, 4) is 0 Å². The van der Waals surface area contributed by atoms with E-state index in [1.54, 1.807) is 0 Å². The molecule has 0 saturated carbocycles. The van der Waals surface area contributed by atoms with Gasteiger partial charge in [-0.15, -0.1) is 0 Å². The molecule has 0 bridgehead atoms. The minimum atomic E-state index is -1.39. The summed E-state index contributed by atoms with van der Waals surface area (Å²) in [5.74, 6) is 0. The van der Waals surface area contributed by atoms with Gasteiger partial charge in [-0.2, -0.15) is 0 Å². The van der Waals surface area contributed by atoms with Crippen molar-refractivity contribution in [2.75, 3.05) is 0 Å². The Bertz CT molecular complexity index is 395. The molecule has 1 rings (SSSR count). The van der Waals surface area contributed by atoms with E-state index in [0.717, 1.165) is 0 Å². The Morgan fingerprint density at radius 3 is 1.82 bits per heavy atom. The van der Waals surface area contributed by atoms with E-state index in [-0.39, 0.29) is 0 Å². The maximum Gasteiger partial charge on any atom is 0.104 e. The molecule has 17 heavy (non-hydrogen) atoms. The standard InChI is InChI=1S/C15H24Si2/c1-16(2,3)13-9-10-14-17(4,5)15-11-7-6-8-12-15/h6-14H,1-5H3/b13-9+,14-10+. The van der Waals surface area contributed by atoms with Crippen LogP contribution in [0, 0.1) is 0 Å². The molecule has 92 valence electrons. The van der Waals surface area contributed by atoms with Crippen LogP contribution in [0.2, 0.25) is 32.7 Å². The summed E-state index contributed by atoms with van der Waals surface area (Å²) >= 11 is 0. The van der Waals surface area contributed by atoms with Crippen molar-refractivity contribution in [2.24, 2.45) is 0 Å². The first-order chi connectivity index (χ1) is 7.81. The summed E-state index contributed by atoms with van der Waals surface area (Å²) in [7, 11) is -2.44. The molecule has 0 saturated heterocycles. The smallest absolute Gasteiger partial charge is 0.0950 e. The molecule has 0 aliphatic heterocycles. The van der Waals surface area contributed by atoms with Gasteiger partial charge in [-0.05, 0) is 0 Å². The van der Waals surface area contributed by atoms with Gasteiger partial charge in [0.25, 0.3) is 0 Å². The van der Waals surface area contributed by atoms with Crippen molar-refractivity contribution >= 4 is 21.3 Å². The summed E-state index contributed by atoms with van der Waals surface area (Å²) in [6, 6.07) is 10.9. The van der Waals surface area contributed by atoms with Crippen LogP contribution in [0.15, 0.2) is 53.9 Å². The minimum Gasteiger partial charge on any atom is -0.0950 e. The van der Waals surface area contributed by atoms with E-state index in [1.165, 1.54) is 5.19 Å². The molecular weight excluding hydrogens is 236 g/mol. The van der Waals surface area contributed by atoms with Crippen LogP contribution in [0.5, 0.6) is 0 Å². The van der Waals surface area contributed by atoms with Gasteiger partial charge in [0.05, 0.1) is 8.07 Å². The number of rotatable bonds is 4. The molecule has 2 heteroatoms. The minimum absolute atomic E-state index is 1.05. The molecule has 0 unspecified atom stereocenters. The van der Waals surface area contributed by atoms with Crippen LogP contribution in [-0.2, 0) is 0 Å². The lowest BCUT2D eigenvalue weighted by Gasteiger charge is -2.17. The van der Waals surface area contributed by atoms with Crippen LogP contribution in [0.25, 0.3) is 0 Å². The Morgan fingerprint density at radius 2 is 1.29 bits per heavy atom. The van der Waals surface area contributed by atoms with Gasteiger partial charge in [-0.3, -0.25) is 0 Å². The average Bonchev–Trinajstić information content (AvgIpc) is 2.25. The van der Waals surface area contributed by atoms with Crippen molar-refractivity contribution in [2.45, 2.75) is 32.7 Å². The first-order valence-corrected chi connectivity index (χ1v) is 12.9. The zero-order valence-electron chi connectivity index (χ0n) is 11.7. The van der Waals surface area contributed by atoms with Crippen LogP contribution in [0.3, 0.4) is 0 Å². The van der Waals surface area contributed by atoms with Gasteiger partial charge in [0, 0.05) is 0 Å². The van der Waals surface area contributed by atoms with Crippen LogP contribution < -0.4 is 5.19 Å². The van der Waals surface area contributed by atoms with Crippen LogP contribution in [0.1, 0.15) is 0 Å². The Labute approximate surface area is 108 Å². The molecule has 1 aromatic rings. The van der Waals surface area contributed by atoms with Crippen molar-refractivity contribution < 1.29 is 0 Å². The Hall–Kier alpha value is -0.866. The van der Waals surface area contributed by atoms with Gasteiger partial charge in [0.1, 0.15) is 8.07 Å². The molecule has 0 radical (unpaired) electrons. The molecule has 1 aromatic carbocycles. The molecule has 0 spiro atoms. The van der Waals surface area contributed by atoms with E-state index in [4.69, 9.17) is 0 Å². The monoisotopic (exact) mass is 260 g/mol. The fourth-order valence-electron chi connectivity index (χ4n) is 1.60. The highest BCUT2D eigenvalue weighted by Crippen LogP contribution is 2.06. The number of hydrogen-bond donors (Lipinski definition) is 0. The van der Waals surface area contributed by atoms with Crippen LogP contribution in [0.4, 0.5) is 0 Å². The zero-order valence-corrected chi connectivity index (χ0v) is 13.7. The molecule has 0 amide bonds. The molecule has 0 fully saturated rings. The third-order valence-corrected chi connectivity index (χ3v) is 6.78. The van der Waals surface area contributed by atoms with Crippen molar-refractivity contribution in [1.29, 1.82) is 0 Å². The van der Waals surface area contributed by atoms with Crippen molar-refractivity contribution in [3.05, 3.63) is 53.9 Å². The summed E-state index contributed by atoms with van der Waals surface area (Å²) in [5, 5.41) is 1.50. The maximum absolute atomic E-state index is 2.42. The molecule has 0 N–H and O–H groups in total. The Balaban J connectivity index is 2.74. The number of allylic oxidation sites excluding steroid dienone is 2. The van der Waals surface area contributed by atoms with E-state index in [2.05, 4.69) is 86.6 Å². The van der Waals surface area contributed by atoms with E-state index in [0.29, 0.717) is 0 Å².